The zero-order chi connectivity index (χ0) is 33.0. The van der Waals surface area contributed by atoms with Crippen LogP contribution in [0.5, 0.6) is 0 Å². The molecule has 0 saturated carbocycles. The molecular formula is C48H31NS. The fourth-order valence-electron chi connectivity index (χ4n) is 7.49. The van der Waals surface area contributed by atoms with Crippen LogP contribution in [0.15, 0.2) is 188 Å². The van der Waals surface area contributed by atoms with Crippen LogP contribution >= 0.6 is 11.3 Å². The Hall–Kier alpha value is -6.22. The zero-order valence-corrected chi connectivity index (χ0v) is 28.1. The summed E-state index contributed by atoms with van der Waals surface area (Å²) in [4.78, 5) is 0. The van der Waals surface area contributed by atoms with Crippen molar-refractivity contribution in [2.45, 2.75) is 0 Å². The molecule has 0 N–H and O–H groups in total. The maximum absolute atomic E-state index is 2.41. The van der Waals surface area contributed by atoms with E-state index in [4.69, 9.17) is 0 Å². The van der Waals surface area contributed by atoms with Gasteiger partial charge in [0.25, 0.3) is 0 Å². The third-order valence-corrected chi connectivity index (χ3v) is 11.2. The third-order valence-electron chi connectivity index (χ3n) is 10.0. The monoisotopic (exact) mass is 653 g/mol. The Morgan fingerprint density at radius 1 is 0.280 bits per heavy atom. The Morgan fingerprint density at radius 3 is 1.30 bits per heavy atom. The average Bonchev–Trinajstić information content (AvgIpc) is 3.73. The van der Waals surface area contributed by atoms with Crippen LogP contribution in [0.3, 0.4) is 0 Å². The van der Waals surface area contributed by atoms with Crippen molar-refractivity contribution in [1.29, 1.82) is 0 Å². The molecular weight excluding hydrogens is 623 g/mol. The molecule has 2 heterocycles. The number of nitrogens with zero attached hydrogens (tertiary/aromatic N) is 1. The highest BCUT2D eigenvalue weighted by Crippen LogP contribution is 2.39. The first-order valence-electron chi connectivity index (χ1n) is 17.1. The predicted molar refractivity (Wildman–Crippen MR) is 215 cm³/mol. The SMILES string of the molecule is c1ccc(-c2ccc3c(c2)c2cc(-c4ccccc4)ccc2n3-c2ccc(-c3ccc(-c4ccc5c(c4)sc4ccccc45)cc3)cc2)cc1. The van der Waals surface area contributed by atoms with Gasteiger partial charge in [-0.3, -0.25) is 0 Å². The largest absolute Gasteiger partial charge is 0.309 e. The molecule has 234 valence electrons. The smallest absolute Gasteiger partial charge is 0.0541 e. The zero-order valence-electron chi connectivity index (χ0n) is 27.3. The average molecular weight is 654 g/mol. The van der Waals surface area contributed by atoms with E-state index in [-0.39, 0.29) is 0 Å². The molecule has 1 nitrogen and oxygen atoms in total. The Balaban J connectivity index is 1.02. The molecule has 0 fully saturated rings. The summed E-state index contributed by atoms with van der Waals surface area (Å²) in [6.07, 6.45) is 0. The van der Waals surface area contributed by atoms with Crippen molar-refractivity contribution >= 4 is 53.3 Å². The van der Waals surface area contributed by atoms with Crippen LogP contribution in [0.1, 0.15) is 0 Å². The van der Waals surface area contributed by atoms with Crippen molar-refractivity contribution in [3.63, 3.8) is 0 Å². The molecule has 2 aromatic heterocycles. The first-order chi connectivity index (χ1) is 24.8. The minimum atomic E-state index is 1.15. The molecule has 0 aliphatic heterocycles. The third kappa shape index (κ3) is 4.84. The molecule has 0 spiro atoms. The summed E-state index contributed by atoms with van der Waals surface area (Å²) in [6.45, 7) is 0. The molecule has 10 aromatic rings. The Bertz CT molecular complexity index is 2730. The van der Waals surface area contributed by atoms with Gasteiger partial charge in [0, 0.05) is 36.6 Å². The molecule has 10 rings (SSSR count). The Labute approximate surface area is 295 Å². The number of hydrogen-bond donors (Lipinski definition) is 0. The van der Waals surface area contributed by atoms with Gasteiger partial charge in [-0.2, -0.15) is 0 Å². The second kappa shape index (κ2) is 11.7. The van der Waals surface area contributed by atoms with Crippen LogP contribution < -0.4 is 0 Å². The normalized spacial score (nSPS) is 11.6. The van der Waals surface area contributed by atoms with E-state index in [2.05, 4.69) is 193 Å². The van der Waals surface area contributed by atoms with E-state index in [0.717, 1.165) is 5.69 Å². The highest BCUT2D eigenvalue weighted by atomic mass is 32.1. The second-order valence-electron chi connectivity index (χ2n) is 13.0. The quantitative estimate of drug-likeness (QED) is 0.174. The summed E-state index contributed by atoms with van der Waals surface area (Å²) < 4.78 is 5.08. The van der Waals surface area contributed by atoms with Gasteiger partial charge in [-0.1, -0.05) is 140 Å². The Kier molecular flexibility index (Phi) is 6.75. The van der Waals surface area contributed by atoms with Gasteiger partial charge in [0.15, 0.2) is 0 Å². The lowest BCUT2D eigenvalue weighted by atomic mass is 9.99. The lowest BCUT2D eigenvalue weighted by Gasteiger charge is -2.11. The summed E-state index contributed by atoms with van der Waals surface area (Å²) in [5.74, 6) is 0. The molecule has 8 aromatic carbocycles. The van der Waals surface area contributed by atoms with Crippen molar-refractivity contribution < 1.29 is 0 Å². The molecule has 0 atom stereocenters. The van der Waals surface area contributed by atoms with Crippen LogP contribution in [0.4, 0.5) is 0 Å². The lowest BCUT2D eigenvalue weighted by Crippen LogP contribution is -1.94. The van der Waals surface area contributed by atoms with Crippen LogP contribution in [0, 0.1) is 0 Å². The highest BCUT2D eigenvalue weighted by molar-refractivity contribution is 7.25. The highest BCUT2D eigenvalue weighted by Gasteiger charge is 2.15. The fourth-order valence-corrected chi connectivity index (χ4v) is 8.63. The van der Waals surface area contributed by atoms with E-state index < -0.39 is 0 Å². The van der Waals surface area contributed by atoms with Gasteiger partial charge < -0.3 is 4.57 Å². The maximum Gasteiger partial charge on any atom is 0.0541 e. The molecule has 50 heavy (non-hydrogen) atoms. The Morgan fingerprint density at radius 2 is 0.700 bits per heavy atom. The molecule has 0 saturated heterocycles. The van der Waals surface area contributed by atoms with Crippen LogP contribution in [0.25, 0.3) is 92.2 Å². The fraction of sp³-hybridized carbons (Fsp3) is 0. The van der Waals surface area contributed by atoms with Crippen LogP contribution in [-0.4, -0.2) is 4.57 Å². The van der Waals surface area contributed by atoms with Crippen molar-refractivity contribution in [3.05, 3.63) is 188 Å². The van der Waals surface area contributed by atoms with Crippen molar-refractivity contribution in [2.75, 3.05) is 0 Å². The van der Waals surface area contributed by atoms with Crippen molar-refractivity contribution in [1.82, 2.24) is 4.57 Å². The molecule has 0 aliphatic carbocycles. The minimum Gasteiger partial charge on any atom is -0.309 e. The summed E-state index contributed by atoms with van der Waals surface area (Å²) in [5.41, 5.74) is 13.4. The molecule has 0 amide bonds. The van der Waals surface area contributed by atoms with Gasteiger partial charge >= 0.3 is 0 Å². The number of aromatic nitrogens is 1. The van der Waals surface area contributed by atoms with E-state index in [9.17, 15) is 0 Å². The van der Waals surface area contributed by atoms with Gasteiger partial charge in [0.05, 0.1) is 11.0 Å². The molecule has 0 unspecified atom stereocenters. The second-order valence-corrected chi connectivity index (χ2v) is 14.0. The van der Waals surface area contributed by atoms with Gasteiger partial charge in [-0.15, -0.1) is 11.3 Å². The standard InChI is InChI=1S/C48H31NS/c1-3-9-32(10-4-1)37-22-27-45-43(29-37)44-30-38(33-11-5-2-6-12-33)23-28-46(44)49(45)40-24-19-35(20-25-40)34-15-17-36(18-16-34)39-21-26-42-41-13-7-8-14-47(41)50-48(42)31-39/h1-31H. The van der Waals surface area contributed by atoms with Gasteiger partial charge in [-0.05, 0) is 93.0 Å². The van der Waals surface area contributed by atoms with E-state index in [1.807, 2.05) is 11.3 Å². The number of fused-ring (bicyclic) bond motifs is 6. The number of rotatable bonds is 5. The van der Waals surface area contributed by atoms with Crippen LogP contribution in [0.2, 0.25) is 0 Å². The number of thiophene rings is 1. The topological polar surface area (TPSA) is 4.93 Å². The molecule has 0 aliphatic rings. The lowest BCUT2D eigenvalue weighted by molar-refractivity contribution is 1.18. The predicted octanol–water partition coefficient (Wildman–Crippen LogP) is 13.8. The number of benzene rings is 8. The molecule has 0 bridgehead atoms. The summed E-state index contributed by atoms with van der Waals surface area (Å²) in [5, 5.41) is 5.19. The van der Waals surface area contributed by atoms with E-state index in [1.54, 1.807) is 0 Å². The van der Waals surface area contributed by atoms with Gasteiger partial charge in [-0.25, -0.2) is 0 Å². The van der Waals surface area contributed by atoms with Crippen LogP contribution in [-0.2, 0) is 0 Å². The van der Waals surface area contributed by atoms with Crippen molar-refractivity contribution in [2.24, 2.45) is 0 Å². The maximum atomic E-state index is 2.41. The molecule has 2 heteroatoms. The van der Waals surface area contributed by atoms with E-state index >= 15 is 0 Å². The first kappa shape index (κ1) is 28.8. The van der Waals surface area contributed by atoms with Crippen molar-refractivity contribution in [3.8, 4) is 50.2 Å². The first-order valence-corrected chi connectivity index (χ1v) is 17.9. The number of hydrogen-bond acceptors (Lipinski definition) is 1. The summed E-state index contributed by atoms with van der Waals surface area (Å²) >= 11 is 1.87. The minimum absolute atomic E-state index is 1.15. The van der Waals surface area contributed by atoms with E-state index in [1.165, 1.54) is 86.5 Å². The molecule has 0 radical (unpaired) electrons. The van der Waals surface area contributed by atoms with Gasteiger partial charge in [0.2, 0.25) is 0 Å². The van der Waals surface area contributed by atoms with E-state index in [0.29, 0.717) is 0 Å². The van der Waals surface area contributed by atoms with Gasteiger partial charge in [0.1, 0.15) is 0 Å². The summed E-state index contributed by atoms with van der Waals surface area (Å²) in [7, 11) is 0. The summed E-state index contributed by atoms with van der Waals surface area (Å²) in [6, 6.07) is 68.6.